The molecule has 9 heteroatoms. The number of aliphatic hydroxyl groups is 1. The Bertz CT molecular complexity index is 1180. The molecule has 3 saturated heterocycles. The van der Waals surface area contributed by atoms with Crippen LogP contribution < -0.4 is 10.6 Å². The van der Waals surface area contributed by atoms with Gasteiger partial charge in [0.2, 0.25) is 17.7 Å². The van der Waals surface area contributed by atoms with Crippen LogP contribution in [0.4, 0.5) is 5.69 Å². The second kappa shape index (κ2) is 10.1. The van der Waals surface area contributed by atoms with E-state index in [1.807, 2.05) is 37.3 Å². The lowest BCUT2D eigenvalue weighted by atomic mass is 9.65. The Morgan fingerprint density at radius 2 is 1.84 bits per heavy atom. The van der Waals surface area contributed by atoms with Crippen LogP contribution in [0.5, 0.6) is 0 Å². The number of hydrogen-bond acceptors (Lipinski definition) is 5. The van der Waals surface area contributed by atoms with E-state index in [4.69, 9.17) is 16.3 Å². The molecule has 0 aliphatic carbocycles. The summed E-state index contributed by atoms with van der Waals surface area (Å²) >= 11 is 5.99. The van der Waals surface area contributed by atoms with Gasteiger partial charge in [-0.25, -0.2) is 0 Å². The summed E-state index contributed by atoms with van der Waals surface area (Å²) in [5.41, 5.74) is -0.391. The molecule has 2 aromatic carbocycles. The summed E-state index contributed by atoms with van der Waals surface area (Å²) in [6, 6.07) is 15.5. The number of ether oxygens (including phenoxy) is 1. The van der Waals surface area contributed by atoms with Crippen LogP contribution in [-0.4, -0.2) is 58.1 Å². The standard InChI is InChI=1S/C28H32ClN3O5/c1-2-27-13-14-28(37-27)22(21(27)24(34)30-17-18-7-4-3-5-8-18)26(36)32(15-6-16-33)23(28)25(35)31-20-11-9-19(29)10-12-20/h3-5,7-12,21-23,33H,2,6,13-17H2,1H3,(H,30,34)(H,31,35)/t21-,22-,23?,27+,28?/m0/s1. The van der Waals surface area contributed by atoms with Crippen LogP contribution in [0.15, 0.2) is 54.6 Å². The van der Waals surface area contributed by atoms with Gasteiger partial charge in [-0.3, -0.25) is 14.4 Å². The van der Waals surface area contributed by atoms with Gasteiger partial charge in [0.15, 0.2) is 0 Å². The van der Waals surface area contributed by atoms with Gasteiger partial charge in [0, 0.05) is 30.4 Å². The number of nitrogens with one attached hydrogen (secondary N) is 2. The van der Waals surface area contributed by atoms with Gasteiger partial charge in [0.1, 0.15) is 11.6 Å². The van der Waals surface area contributed by atoms with Crippen LogP contribution in [-0.2, 0) is 25.7 Å². The topological polar surface area (TPSA) is 108 Å². The molecule has 3 amide bonds. The molecule has 8 nitrogen and oxygen atoms in total. The highest BCUT2D eigenvalue weighted by molar-refractivity contribution is 6.30. The Morgan fingerprint density at radius 3 is 2.51 bits per heavy atom. The molecular formula is C28H32ClN3O5. The lowest BCUT2D eigenvalue weighted by Gasteiger charge is -2.34. The summed E-state index contributed by atoms with van der Waals surface area (Å²) in [5.74, 6) is -2.33. The van der Waals surface area contributed by atoms with Crippen molar-refractivity contribution >= 4 is 35.0 Å². The molecule has 3 aliphatic heterocycles. The molecule has 3 N–H and O–H groups in total. The second-order valence-electron chi connectivity index (χ2n) is 10.1. The minimum Gasteiger partial charge on any atom is -0.396 e. The van der Waals surface area contributed by atoms with Crippen LogP contribution in [0.25, 0.3) is 0 Å². The Hall–Kier alpha value is -2.94. The highest BCUT2D eigenvalue weighted by atomic mass is 35.5. The molecule has 2 unspecified atom stereocenters. The molecule has 2 bridgehead atoms. The fraction of sp³-hybridized carbons (Fsp3) is 0.464. The minimum absolute atomic E-state index is 0.117. The highest BCUT2D eigenvalue weighted by Gasteiger charge is 2.78. The van der Waals surface area contributed by atoms with Crippen molar-refractivity contribution in [2.24, 2.45) is 11.8 Å². The first kappa shape index (κ1) is 25.7. The van der Waals surface area contributed by atoms with E-state index in [0.29, 0.717) is 42.9 Å². The summed E-state index contributed by atoms with van der Waals surface area (Å²) in [6.45, 7) is 2.40. The lowest BCUT2D eigenvalue weighted by molar-refractivity contribution is -0.146. The van der Waals surface area contributed by atoms with E-state index >= 15 is 0 Å². The maximum absolute atomic E-state index is 13.9. The first-order chi connectivity index (χ1) is 17.8. The Balaban J connectivity index is 1.46. The largest absolute Gasteiger partial charge is 0.396 e. The van der Waals surface area contributed by atoms with E-state index in [1.165, 1.54) is 4.90 Å². The number of fused-ring (bicyclic) bond motifs is 1. The number of likely N-dealkylation sites (tertiary alicyclic amines) is 1. The maximum atomic E-state index is 13.9. The third-order valence-corrected chi connectivity index (χ3v) is 8.44. The zero-order valence-corrected chi connectivity index (χ0v) is 21.5. The minimum atomic E-state index is -1.10. The number of halogens is 1. The number of carbonyl (C=O) groups is 3. The zero-order chi connectivity index (χ0) is 26.2. The molecule has 0 aromatic heterocycles. The number of hydrogen-bond donors (Lipinski definition) is 3. The van der Waals surface area contributed by atoms with Gasteiger partial charge >= 0.3 is 0 Å². The highest BCUT2D eigenvalue weighted by Crippen LogP contribution is 2.64. The molecule has 5 rings (SSSR count). The molecule has 2 aromatic rings. The lowest BCUT2D eigenvalue weighted by Crippen LogP contribution is -2.53. The zero-order valence-electron chi connectivity index (χ0n) is 20.8. The SMILES string of the molecule is CC[C@]12CCC3(O1)C(C(=O)Nc1ccc(Cl)cc1)N(CCCO)C(=O)[C@@H]3[C@H]2C(=O)NCc1ccccc1. The number of anilines is 1. The molecule has 3 aliphatic rings. The van der Waals surface area contributed by atoms with Crippen molar-refractivity contribution in [3.63, 3.8) is 0 Å². The van der Waals surface area contributed by atoms with Crippen molar-refractivity contribution in [3.8, 4) is 0 Å². The first-order valence-corrected chi connectivity index (χ1v) is 13.2. The third kappa shape index (κ3) is 4.31. The first-order valence-electron chi connectivity index (χ1n) is 12.8. The number of carbonyl (C=O) groups excluding carboxylic acids is 3. The van der Waals surface area contributed by atoms with Crippen molar-refractivity contribution in [2.75, 3.05) is 18.5 Å². The Morgan fingerprint density at radius 1 is 1.11 bits per heavy atom. The monoisotopic (exact) mass is 525 g/mol. The van der Waals surface area contributed by atoms with E-state index < -0.39 is 29.1 Å². The van der Waals surface area contributed by atoms with Crippen LogP contribution in [0.1, 0.15) is 38.2 Å². The Kier molecular flexibility index (Phi) is 7.00. The molecule has 1 spiro atoms. The average Bonchev–Trinajstić information content (AvgIpc) is 3.51. The van der Waals surface area contributed by atoms with Crippen LogP contribution in [0.2, 0.25) is 5.02 Å². The average molecular weight is 526 g/mol. The summed E-state index contributed by atoms with van der Waals surface area (Å²) < 4.78 is 6.71. The van der Waals surface area contributed by atoms with E-state index in [-0.39, 0.29) is 30.9 Å². The third-order valence-electron chi connectivity index (χ3n) is 8.19. The van der Waals surface area contributed by atoms with E-state index in [0.717, 1.165) is 5.56 Å². The summed E-state index contributed by atoms with van der Waals surface area (Å²) in [5, 5.41) is 16.0. The molecule has 5 atom stereocenters. The smallest absolute Gasteiger partial charge is 0.250 e. The molecule has 3 fully saturated rings. The fourth-order valence-corrected chi connectivity index (χ4v) is 6.66. The molecule has 196 valence electrons. The van der Waals surface area contributed by atoms with E-state index in [9.17, 15) is 19.5 Å². The molecular weight excluding hydrogens is 494 g/mol. The molecule has 3 heterocycles. The molecule has 37 heavy (non-hydrogen) atoms. The number of aliphatic hydroxyl groups excluding tert-OH is 1. The maximum Gasteiger partial charge on any atom is 0.250 e. The number of benzene rings is 2. The number of rotatable bonds is 9. The van der Waals surface area contributed by atoms with Gasteiger partial charge in [0.05, 0.1) is 17.4 Å². The van der Waals surface area contributed by atoms with Gasteiger partial charge < -0.3 is 25.4 Å². The van der Waals surface area contributed by atoms with E-state index in [1.54, 1.807) is 24.3 Å². The second-order valence-corrected chi connectivity index (χ2v) is 10.6. The molecule has 0 radical (unpaired) electrons. The predicted molar refractivity (Wildman–Crippen MR) is 139 cm³/mol. The van der Waals surface area contributed by atoms with Crippen LogP contribution in [0, 0.1) is 11.8 Å². The number of nitrogens with zero attached hydrogens (tertiary/aromatic N) is 1. The van der Waals surface area contributed by atoms with Crippen molar-refractivity contribution < 1.29 is 24.2 Å². The quantitative estimate of drug-likeness (QED) is 0.466. The van der Waals surface area contributed by atoms with Gasteiger partial charge in [-0.05, 0) is 55.5 Å². The van der Waals surface area contributed by atoms with Gasteiger partial charge in [-0.1, -0.05) is 48.9 Å². The Labute approximate surface area is 221 Å². The summed E-state index contributed by atoms with van der Waals surface area (Å²) in [7, 11) is 0. The fourth-order valence-electron chi connectivity index (χ4n) is 6.54. The van der Waals surface area contributed by atoms with Gasteiger partial charge in [0.25, 0.3) is 0 Å². The van der Waals surface area contributed by atoms with E-state index in [2.05, 4.69) is 10.6 Å². The van der Waals surface area contributed by atoms with Gasteiger partial charge in [-0.15, -0.1) is 0 Å². The van der Waals surface area contributed by atoms with Crippen molar-refractivity contribution in [3.05, 3.63) is 65.2 Å². The van der Waals surface area contributed by atoms with Crippen LogP contribution in [0.3, 0.4) is 0 Å². The van der Waals surface area contributed by atoms with Crippen molar-refractivity contribution in [1.29, 1.82) is 0 Å². The van der Waals surface area contributed by atoms with Crippen molar-refractivity contribution in [1.82, 2.24) is 10.2 Å². The van der Waals surface area contributed by atoms with Crippen LogP contribution >= 0.6 is 11.6 Å². The van der Waals surface area contributed by atoms with Crippen molar-refractivity contribution in [2.45, 2.75) is 56.4 Å². The normalized spacial score (nSPS) is 29.9. The summed E-state index contributed by atoms with van der Waals surface area (Å²) in [4.78, 5) is 42.8. The molecule has 0 saturated carbocycles. The number of amides is 3. The summed E-state index contributed by atoms with van der Waals surface area (Å²) in [6.07, 6.45) is 1.98. The predicted octanol–water partition coefficient (Wildman–Crippen LogP) is 3.13. The van der Waals surface area contributed by atoms with Gasteiger partial charge in [-0.2, -0.15) is 0 Å².